The minimum Gasteiger partial charge on any atom is -0.497 e. The quantitative estimate of drug-likeness (QED) is 0.536. The molecule has 2 aliphatic heterocycles. The fourth-order valence-corrected chi connectivity index (χ4v) is 6.73. The monoisotopic (exact) mass is 451 g/mol. The van der Waals surface area contributed by atoms with Crippen molar-refractivity contribution in [2.45, 2.75) is 43.0 Å². The normalized spacial score (nSPS) is 23.0. The zero-order valence-electron chi connectivity index (χ0n) is 17.7. The molecule has 0 atom stereocenters. The maximum absolute atomic E-state index is 13.7. The Morgan fingerprint density at radius 2 is 1.74 bits per heavy atom. The maximum Gasteiger partial charge on any atom is 0.269 e. The van der Waals surface area contributed by atoms with E-state index in [1.54, 1.807) is 18.9 Å². The highest BCUT2D eigenvalue weighted by molar-refractivity contribution is 8.19. The van der Waals surface area contributed by atoms with E-state index in [0.29, 0.717) is 0 Å². The van der Waals surface area contributed by atoms with E-state index in [-0.39, 0.29) is 11.9 Å². The van der Waals surface area contributed by atoms with Crippen LogP contribution in [0.5, 0.6) is 5.75 Å². The number of hydrogen-bond acceptors (Lipinski definition) is 6. The third kappa shape index (κ3) is 3.85. The number of fused-ring (bicyclic) bond motifs is 1. The number of methoxy groups -OCH3 is 1. The molecule has 7 heteroatoms. The first-order valence-electron chi connectivity index (χ1n) is 10.6. The van der Waals surface area contributed by atoms with Crippen LogP contribution in [0.2, 0.25) is 0 Å². The van der Waals surface area contributed by atoms with Crippen molar-refractivity contribution in [3.05, 3.63) is 58.5 Å². The summed E-state index contributed by atoms with van der Waals surface area (Å²) in [6, 6.07) is 16.2. The summed E-state index contributed by atoms with van der Waals surface area (Å²) in [5.74, 6) is 0.888. The van der Waals surface area contributed by atoms with Crippen molar-refractivity contribution in [2.75, 3.05) is 19.1 Å². The molecule has 31 heavy (non-hydrogen) atoms. The predicted molar refractivity (Wildman–Crippen MR) is 129 cm³/mol. The number of thioether (sulfide) groups is 2. The number of amidine groups is 1. The highest BCUT2D eigenvalue weighted by Gasteiger charge is 2.42. The van der Waals surface area contributed by atoms with Crippen LogP contribution in [0.15, 0.2) is 68.4 Å². The first-order valence-corrected chi connectivity index (χ1v) is 12.3. The summed E-state index contributed by atoms with van der Waals surface area (Å²) in [5.41, 5.74) is 1.98. The SMILES string of the molecule is COc1ccc(N=C2S/C(=C3\Sc4ccccc4N3C)C(=O)N2C2CCCCC2)cc1. The summed E-state index contributed by atoms with van der Waals surface area (Å²) in [6.45, 7) is 0. The Kier molecular flexibility index (Phi) is 5.71. The molecule has 0 spiro atoms. The van der Waals surface area contributed by atoms with Gasteiger partial charge in [-0.2, -0.15) is 0 Å². The van der Waals surface area contributed by atoms with Gasteiger partial charge in [-0.1, -0.05) is 43.2 Å². The number of rotatable bonds is 3. The van der Waals surface area contributed by atoms with Crippen LogP contribution in [0.4, 0.5) is 11.4 Å². The average Bonchev–Trinajstić information content (AvgIpc) is 3.31. The van der Waals surface area contributed by atoms with Crippen LogP contribution in [-0.4, -0.2) is 36.2 Å². The van der Waals surface area contributed by atoms with E-state index >= 15 is 0 Å². The average molecular weight is 452 g/mol. The molecule has 0 N–H and O–H groups in total. The number of carbonyl (C=O) groups is 1. The second kappa shape index (κ2) is 8.63. The summed E-state index contributed by atoms with van der Waals surface area (Å²) in [7, 11) is 3.70. The Morgan fingerprint density at radius 1 is 1.00 bits per heavy atom. The highest BCUT2D eigenvalue weighted by Crippen LogP contribution is 2.50. The zero-order chi connectivity index (χ0) is 21.4. The van der Waals surface area contributed by atoms with Crippen molar-refractivity contribution in [1.29, 1.82) is 0 Å². The van der Waals surface area contributed by atoms with E-state index in [2.05, 4.69) is 17.0 Å². The van der Waals surface area contributed by atoms with E-state index in [1.165, 1.54) is 35.9 Å². The van der Waals surface area contributed by atoms with E-state index in [4.69, 9.17) is 9.73 Å². The Labute approximate surface area is 191 Å². The lowest BCUT2D eigenvalue weighted by molar-refractivity contribution is -0.124. The fourth-order valence-electron chi connectivity index (χ4n) is 4.32. The van der Waals surface area contributed by atoms with Gasteiger partial charge in [-0.25, -0.2) is 4.99 Å². The van der Waals surface area contributed by atoms with Crippen molar-refractivity contribution < 1.29 is 9.53 Å². The van der Waals surface area contributed by atoms with Gasteiger partial charge in [0.15, 0.2) is 5.17 Å². The molecule has 3 aliphatic rings. The lowest BCUT2D eigenvalue weighted by Gasteiger charge is -2.30. The molecule has 2 fully saturated rings. The van der Waals surface area contributed by atoms with Crippen molar-refractivity contribution in [3.8, 4) is 5.75 Å². The van der Waals surface area contributed by atoms with Crippen LogP contribution in [0, 0.1) is 0 Å². The van der Waals surface area contributed by atoms with Crippen LogP contribution < -0.4 is 9.64 Å². The van der Waals surface area contributed by atoms with E-state index in [9.17, 15) is 4.79 Å². The molecule has 5 nitrogen and oxygen atoms in total. The number of nitrogens with zero attached hydrogens (tertiary/aromatic N) is 3. The van der Waals surface area contributed by atoms with Crippen LogP contribution in [0.25, 0.3) is 0 Å². The third-order valence-electron chi connectivity index (χ3n) is 5.98. The van der Waals surface area contributed by atoms with E-state index in [0.717, 1.165) is 45.1 Å². The van der Waals surface area contributed by atoms with Gasteiger partial charge in [0.1, 0.15) is 10.7 Å². The number of para-hydroxylation sites is 1. The van der Waals surface area contributed by atoms with Crippen molar-refractivity contribution in [2.24, 2.45) is 4.99 Å². The molecule has 5 rings (SSSR count). The molecule has 2 aromatic rings. The molecule has 0 bridgehead atoms. The number of amides is 1. The molecule has 1 saturated carbocycles. The summed E-state index contributed by atoms with van der Waals surface area (Å²) in [4.78, 5) is 24.7. The molecular formula is C24H25N3O2S2. The van der Waals surface area contributed by atoms with Gasteiger partial charge in [0.25, 0.3) is 5.91 Å². The van der Waals surface area contributed by atoms with Crippen LogP contribution >= 0.6 is 23.5 Å². The molecule has 160 valence electrons. The Hall–Kier alpha value is -2.38. The van der Waals surface area contributed by atoms with Gasteiger partial charge in [0.05, 0.1) is 23.5 Å². The molecule has 0 radical (unpaired) electrons. The molecule has 1 saturated heterocycles. The Balaban J connectivity index is 1.53. The third-order valence-corrected chi connectivity index (χ3v) is 8.39. The molecular weight excluding hydrogens is 426 g/mol. The van der Waals surface area contributed by atoms with Gasteiger partial charge in [0, 0.05) is 18.0 Å². The van der Waals surface area contributed by atoms with E-state index in [1.807, 2.05) is 48.3 Å². The van der Waals surface area contributed by atoms with Gasteiger partial charge in [-0.15, -0.1) is 0 Å². The van der Waals surface area contributed by atoms with Gasteiger partial charge in [-0.3, -0.25) is 9.69 Å². The number of carbonyl (C=O) groups excluding carboxylic acids is 1. The summed E-state index contributed by atoms with van der Waals surface area (Å²) >= 11 is 3.18. The van der Waals surface area contributed by atoms with Crippen LogP contribution in [0.1, 0.15) is 32.1 Å². The number of aliphatic imine (C=N–C) groups is 1. The number of ether oxygens (including phenoxy) is 1. The smallest absolute Gasteiger partial charge is 0.269 e. The van der Waals surface area contributed by atoms with Gasteiger partial charge in [-0.05, 0) is 61.0 Å². The number of hydrogen-bond donors (Lipinski definition) is 0. The number of benzene rings is 2. The molecule has 0 aromatic heterocycles. The first kappa shape index (κ1) is 20.5. The summed E-state index contributed by atoms with van der Waals surface area (Å²) < 4.78 is 5.27. The second-order valence-electron chi connectivity index (χ2n) is 7.92. The van der Waals surface area contributed by atoms with Gasteiger partial charge < -0.3 is 9.64 Å². The maximum atomic E-state index is 13.7. The largest absolute Gasteiger partial charge is 0.497 e. The Bertz CT molecular complexity index is 1060. The van der Waals surface area contributed by atoms with Crippen LogP contribution in [-0.2, 0) is 4.79 Å². The van der Waals surface area contributed by atoms with Crippen molar-refractivity contribution >= 4 is 46.0 Å². The van der Waals surface area contributed by atoms with Gasteiger partial charge in [0.2, 0.25) is 0 Å². The van der Waals surface area contributed by atoms with Crippen molar-refractivity contribution in [1.82, 2.24) is 4.90 Å². The van der Waals surface area contributed by atoms with Crippen molar-refractivity contribution in [3.63, 3.8) is 0 Å². The molecule has 0 unspecified atom stereocenters. The molecule has 1 aliphatic carbocycles. The highest BCUT2D eigenvalue weighted by atomic mass is 32.2. The van der Waals surface area contributed by atoms with Crippen LogP contribution in [0.3, 0.4) is 0 Å². The summed E-state index contributed by atoms with van der Waals surface area (Å²) in [6.07, 6.45) is 5.67. The minimum absolute atomic E-state index is 0.0892. The lowest BCUT2D eigenvalue weighted by atomic mass is 9.94. The predicted octanol–water partition coefficient (Wildman–Crippen LogP) is 6.00. The minimum atomic E-state index is 0.0892. The van der Waals surface area contributed by atoms with Gasteiger partial charge >= 0.3 is 0 Å². The second-order valence-corrected chi connectivity index (χ2v) is 9.93. The fraction of sp³-hybridized carbons (Fsp3) is 0.333. The molecule has 2 heterocycles. The van der Waals surface area contributed by atoms with E-state index < -0.39 is 0 Å². The topological polar surface area (TPSA) is 45.1 Å². The lowest BCUT2D eigenvalue weighted by Crippen LogP contribution is -2.40. The first-order chi connectivity index (χ1) is 15.2. The summed E-state index contributed by atoms with van der Waals surface area (Å²) in [5, 5.41) is 1.78. The molecule has 1 amide bonds. The Morgan fingerprint density at radius 3 is 2.45 bits per heavy atom. The zero-order valence-corrected chi connectivity index (χ0v) is 19.3. The standard InChI is InChI=1S/C24H25N3O2S2/c1-26-19-10-6-7-11-20(19)30-23(26)21-22(28)27(17-8-4-3-5-9-17)24(31-21)25-16-12-14-18(29-2)15-13-16/h6-7,10-15,17H,3-5,8-9H2,1-2H3/b23-21-,25-24?. The number of anilines is 1. The molecule has 2 aromatic carbocycles.